The van der Waals surface area contributed by atoms with Gasteiger partial charge in [-0.15, -0.1) is 0 Å². The molecule has 0 heterocycles. The van der Waals surface area contributed by atoms with E-state index in [9.17, 15) is 10.2 Å². The molecule has 0 radical (unpaired) electrons. The van der Waals surface area contributed by atoms with Gasteiger partial charge in [-0.1, -0.05) is 78.7 Å². The van der Waals surface area contributed by atoms with Crippen LogP contribution in [0.4, 0.5) is 0 Å². The van der Waals surface area contributed by atoms with Gasteiger partial charge in [-0.25, -0.2) is 0 Å². The molecule has 0 saturated heterocycles. The van der Waals surface area contributed by atoms with Crippen LogP contribution in [0.25, 0.3) is 0 Å². The first-order valence-electron chi connectivity index (χ1n) is 14.9. The maximum absolute atomic E-state index is 12.2. The van der Waals surface area contributed by atoms with Crippen LogP contribution in [-0.4, -0.2) is 34.6 Å². The fourth-order valence-electron chi connectivity index (χ4n) is 8.67. The predicted molar refractivity (Wildman–Crippen MR) is 145 cm³/mol. The monoisotopic (exact) mass is 486 g/mol. The molecule has 2 N–H and O–H groups in total. The molecular formula is C32H54O3. The second kappa shape index (κ2) is 10.3. The van der Waals surface area contributed by atoms with Crippen LogP contribution >= 0.6 is 0 Å². The number of hydrogen-bond acceptors (Lipinski definition) is 3. The zero-order valence-electron chi connectivity index (χ0n) is 23.7. The molecule has 4 rings (SSSR count). The van der Waals surface area contributed by atoms with Crippen molar-refractivity contribution in [3.05, 3.63) is 23.8 Å². The number of aliphatic hydroxyl groups is 2. The molecule has 0 aromatic carbocycles. The van der Waals surface area contributed by atoms with E-state index in [1.807, 2.05) is 0 Å². The molecule has 3 fully saturated rings. The molecule has 0 aliphatic heterocycles. The molecule has 0 bridgehead atoms. The van der Waals surface area contributed by atoms with Crippen LogP contribution in [0, 0.1) is 46.3 Å². The predicted octanol–water partition coefficient (Wildman–Crippen LogP) is 7.32. The summed E-state index contributed by atoms with van der Waals surface area (Å²) in [5.74, 6) is 3.63. The van der Waals surface area contributed by atoms with Gasteiger partial charge in [0.15, 0.2) is 0 Å². The van der Waals surface area contributed by atoms with Crippen LogP contribution in [0.3, 0.4) is 0 Å². The Bertz CT molecular complexity index is 801. The van der Waals surface area contributed by atoms with Crippen LogP contribution in [0.1, 0.15) is 106 Å². The van der Waals surface area contributed by atoms with Gasteiger partial charge in [0.25, 0.3) is 0 Å². The van der Waals surface area contributed by atoms with Gasteiger partial charge in [0, 0.05) is 18.4 Å². The smallest absolute Gasteiger partial charge is 0.105 e. The van der Waals surface area contributed by atoms with Crippen molar-refractivity contribution >= 4 is 0 Å². The highest BCUT2D eigenvalue weighted by Crippen LogP contribution is 2.67. The summed E-state index contributed by atoms with van der Waals surface area (Å²) in [5.41, 5.74) is 0.728. The van der Waals surface area contributed by atoms with Crippen molar-refractivity contribution < 1.29 is 14.9 Å². The first-order chi connectivity index (χ1) is 16.5. The third-order valence-corrected chi connectivity index (χ3v) is 11.5. The number of hydrogen-bond donors (Lipinski definition) is 2. The first kappa shape index (κ1) is 27.4. The van der Waals surface area contributed by atoms with Crippen molar-refractivity contribution in [2.24, 2.45) is 46.3 Å². The van der Waals surface area contributed by atoms with Gasteiger partial charge in [-0.3, -0.25) is 0 Å². The number of rotatable bonds is 8. The summed E-state index contributed by atoms with van der Waals surface area (Å²) in [4.78, 5) is 0. The molecule has 3 nitrogen and oxygen atoms in total. The van der Waals surface area contributed by atoms with Crippen molar-refractivity contribution in [1.29, 1.82) is 0 Å². The highest BCUT2D eigenvalue weighted by molar-refractivity contribution is 5.33. The van der Waals surface area contributed by atoms with Crippen molar-refractivity contribution in [3.63, 3.8) is 0 Å². The third-order valence-electron chi connectivity index (χ3n) is 11.5. The van der Waals surface area contributed by atoms with Gasteiger partial charge in [-0.2, -0.15) is 0 Å². The Morgan fingerprint density at radius 2 is 1.77 bits per heavy atom. The van der Waals surface area contributed by atoms with E-state index >= 15 is 0 Å². The molecule has 200 valence electrons. The van der Waals surface area contributed by atoms with Gasteiger partial charge in [0.1, 0.15) is 11.7 Å². The molecule has 35 heavy (non-hydrogen) atoms. The summed E-state index contributed by atoms with van der Waals surface area (Å²) < 4.78 is 6.45. The van der Waals surface area contributed by atoms with E-state index in [0.29, 0.717) is 54.0 Å². The molecule has 0 spiro atoms. The second-order valence-corrected chi connectivity index (χ2v) is 13.7. The van der Waals surface area contributed by atoms with E-state index in [1.54, 1.807) is 5.57 Å². The maximum Gasteiger partial charge on any atom is 0.105 e. The number of aliphatic hydroxyl groups excluding tert-OH is 1. The summed E-state index contributed by atoms with van der Waals surface area (Å²) in [6.45, 7) is 17.2. The zero-order chi connectivity index (χ0) is 25.6. The molecule has 4 aliphatic carbocycles. The molecule has 0 aromatic heterocycles. The SMILES string of the molecule is CCCCO[C@@H]1C=C2[C@@H]3CC[C@H]([C@H](C)/C=C/[C@@H](C)C(C)C)[C@@]3(C)CC[C@@H]2[C@@]2(C)CC[C@H](O)C[C@]12O. The lowest BCUT2D eigenvalue weighted by atomic mass is 9.45. The maximum atomic E-state index is 12.2. The summed E-state index contributed by atoms with van der Waals surface area (Å²) in [6.07, 6.45) is 15.8. The zero-order valence-corrected chi connectivity index (χ0v) is 23.7. The minimum absolute atomic E-state index is 0.217. The van der Waals surface area contributed by atoms with E-state index in [1.165, 1.54) is 19.3 Å². The molecule has 0 aromatic rings. The normalized spacial score (nSPS) is 45.1. The first-order valence-corrected chi connectivity index (χ1v) is 14.9. The number of ether oxygens (including phenoxy) is 1. The van der Waals surface area contributed by atoms with Gasteiger partial charge in [-0.05, 0) is 85.9 Å². The highest BCUT2D eigenvalue weighted by Gasteiger charge is 2.65. The average molecular weight is 487 g/mol. The van der Waals surface area contributed by atoms with Gasteiger partial charge in [0.2, 0.25) is 0 Å². The molecule has 10 atom stereocenters. The largest absolute Gasteiger partial charge is 0.393 e. The van der Waals surface area contributed by atoms with Gasteiger partial charge >= 0.3 is 0 Å². The Kier molecular flexibility index (Phi) is 8.03. The van der Waals surface area contributed by atoms with Crippen molar-refractivity contribution in [2.45, 2.75) is 124 Å². The number of fused-ring (bicyclic) bond motifs is 5. The van der Waals surface area contributed by atoms with Gasteiger partial charge < -0.3 is 14.9 Å². The molecular weight excluding hydrogens is 432 g/mol. The van der Waals surface area contributed by atoms with Crippen LogP contribution in [0.5, 0.6) is 0 Å². The number of allylic oxidation sites excluding steroid dienone is 3. The Labute approximate surface area is 215 Å². The Hall–Kier alpha value is -0.640. The molecule has 3 saturated carbocycles. The average Bonchev–Trinajstić information content (AvgIpc) is 3.16. The fourth-order valence-corrected chi connectivity index (χ4v) is 8.67. The summed E-state index contributed by atoms with van der Waals surface area (Å²) in [6, 6.07) is 0. The van der Waals surface area contributed by atoms with Crippen LogP contribution in [0.15, 0.2) is 23.8 Å². The van der Waals surface area contributed by atoms with E-state index in [4.69, 9.17) is 4.74 Å². The lowest BCUT2D eigenvalue weighted by Gasteiger charge is -2.62. The van der Waals surface area contributed by atoms with Crippen LogP contribution in [-0.2, 0) is 4.74 Å². The molecule has 0 unspecified atom stereocenters. The van der Waals surface area contributed by atoms with E-state index in [2.05, 4.69) is 66.7 Å². The Morgan fingerprint density at radius 3 is 2.46 bits per heavy atom. The quantitative estimate of drug-likeness (QED) is 0.279. The van der Waals surface area contributed by atoms with E-state index < -0.39 is 11.7 Å². The van der Waals surface area contributed by atoms with Crippen molar-refractivity contribution in [2.75, 3.05) is 6.61 Å². The molecule has 3 heteroatoms. The molecule has 4 aliphatic rings. The minimum Gasteiger partial charge on any atom is -0.393 e. The van der Waals surface area contributed by atoms with Crippen molar-refractivity contribution in [3.8, 4) is 0 Å². The van der Waals surface area contributed by atoms with Crippen molar-refractivity contribution in [1.82, 2.24) is 0 Å². The Morgan fingerprint density at radius 1 is 1.03 bits per heavy atom. The third kappa shape index (κ3) is 4.61. The Balaban J connectivity index is 1.64. The topological polar surface area (TPSA) is 49.7 Å². The van der Waals surface area contributed by atoms with Crippen LogP contribution in [0.2, 0.25) is 0 Å². The van der Waals surface area contributed by atoms with E-state index in [0.717, 1.165) is 32.1 Å². The molecule has 0 amide bonds. The highest BCUT2D eigenvalue weighted by atomic mass is 16.5. The lowest BCUT2D eigenvalue weighted by molar-refractivity contribution is -0.221. The van der Waals surface area contributed by atoms with E-state index in [-0.39, 0.29) is 11.5 Å². The lowest BCUT2D eigenvalue weighted by Crippen LogP contribution is -2.66. The van der Waals surface area contributed by atoms with Crippen LogP contribution < -0.4 is 0 Å². The minimum atomic E-state index is -0.971. The second-order valence-electron chi connectivity index (χ2n) is 13.7. The summed E-state index contributed by atoms with van der Waals surface area (Å²) in [7, 11) is 0. The fraction of sp³-hybridized carbons (Fsp3) is 0.875. The summed E-state index contributed by atoms with van der Waals surface area (Å²) >= 11 is 0. The standard InChI is InChI=1S/C32H54O3/c1-8-9-18-35-29-19-25-27-13-12-26(23(5)11-10-22(4)21(2)3)30(27,6)16-15-28(25)31(7)17-14-24(33)20-32(29,31)34/h10-11,19,21-24,26-29,33-34H,8-9,12-18,20H2,1-7H3/b11-10+/t22-,23-,24+,26-,27+,28+,29-,30-,31-,32+/m1/s1. The summed E-state index contributed by atoms with van der Waals surface area (Å²) in [5, 5.41) is 22.8. The van der Waals surface area contributed by atoms with Gasteiger partial charge in [0.05, 0.1) is 6.10 Å². The number of unbranched alkanes of at least 4 members (excludes halogenated alkanes) is 1.